The lowest BCUT2D eigenvalue weighted by Gasteiger charge is -2.27. The Hall–Kier alpha value is -1.48. The Labute approximate surface area is 116 Å². The van der Waals surface area contributed by atoms with Crippen LogP contribution in [0, 0.1) is 0 Å². The Bertz CT molecular complexity index is 415. The highest BCUT2D eigenvalue weighted by Crippen LogP contribution is 2.19. The van der Waals surface area contributed by atoms with E-state index in [4.69, 9.17) is 10.5 Å². The molecule has 1 unspecified atom stereocenters. The van der Waals surface area contributed by atoms with Gasteiger partial charge in [0.1, 0.15) is 17.1 Å². The number of nitrogens with two attached hydrogens (primary N) is 1. The number of aromatic hydroxyl groups is 1. The third kappa shape index (κ3) is 5.79. The van der Waals surface area contributed by atoms with Crippen LogP contribution in [0.3, 0.4) is 0 Å². The third-order valence-corrected chi connectivity index (χ3v) is 2.59. The first kappa shape index (κ1) is 15.6. The molecule has 0 spiro atoms. The second-order valence-electron chi connectivity index (χ2n) is 5.71. The summed E-state index contributed by atoms with van der Waals surface area (Å²) in [4.78, 5) is 0. The van der Waals surface area contributed by atoms with Crippen LogP contribution in [0.15, 0.2) is 36.1 Å². The quantitative estimate of drug-likeness (QED) is 0.801. The molecule has 0 saturated heterocycles. The standard InChI is InChI=1S/C16H25NO2/c1-5-6-15(19-16(2,3)4)14(17)11-12-7-9-13(18)10-8-12/h6-10,14,18H,5,11,17H2,1-4H3/b15-6+. The van der Waals surface area contributed by atoms with Gasteiger partial charge in [-0.15, -0.1) is 0 Å². The maximum absolute atomic E-state index is 9.27. The average Bonchev–Trinajstić information content (AvgIpc) is 2.30. The summed E-state index contributed by atoms with van der Waals surface area (Å²) in [5.41, 5.74) is 7.07. The first-order valence-electron chi connectivity index (χ1n) is 6.74. The summed E-state index contributed by atoms with van der Waals surface area (Å²) in [6.07, 6.45) is 3.63. The van der Waals surface area contributed by atoms with Crippen molar-refractivity contribution in [1.29, 1.82) is 0 Å². The molecule has 0 saturated carbocycles. The van der Waals surface area contributed by atoms with Gasteiger partial charge in [0.2, 0.25) is 0 Å². The lowest BCUT2D eigenvalue weighted by Crippen LogP contribution is -2.31. The summed E-state index contributed by atoms with van der Waals surface area (Å²) in [6, 6.07) is 6.96. The van der Waals surface area contributed by atoms with Crippen LogP contribution >= 0.6 is 0 Å². The van der Waals surface area contributed by atoms with Gasteiger partial charge in [-0.3, -0.25) is 0 Å². The van der Waals surface area contributed by atoms with E-state index >= 15 is 0 Å². The van der Waals surface area contributed by atoms with Crippen molar-refractivity contribution in [1.82, 2.24) is 0 Å². The maximum atomic E-state index is 9.27. The summed E-state index contributed by atoms with van der Waals surface area (Å²) < 4.78 is 5.92. The van der Waals surface area contributed by atoms with Crippen molar-refractivity contribution < 1.29 is 9.84 Å². The van der Waals surface area contributed by atoms with E-state index in [1.54, 1.807) is 12.1 Å². The highest BCUT2D eigenvalue weighted by molar-refractivity contribution is 5.27. The van der Waals surface area contributed by atoms with E-state index in [-0.39, 0.29) is 17.4 Å². The molecule has 1 aromatic rings. The third-order valence-electron chi connectivity index (χ3n) is 2.59. The van der Waals surface area contributed by atoms with E-state index in [1.165, 1.54) is 0 Å². The number of hydrogen-bond donors (Lipinski definition) is 2. The largest absolute Gasteiger partial charge is 0.508 e. The van der Waals surface area contributed by atoms with Gasteiger partial charge in [-0.25, -0.2) is 0 Å². The van der Waals surface area contributed by atoms with Gasteiger partial charge in [0.15, 0.2) is 0 Å². The van der Waals surface area contributed by atoms with Crippen LogP contribution in [0.5, 0.6) is 5.75 Å². The monoisotopic (exact) mass is 263 g/mol. The second-order valence-corrected chi connectivity index (χ2v) is 5.71. The molecule has 0 aliphatic carbocycles. The molecular formula is C16H25NO2. The van der Waals surface area contributed by atoms with E-state index in [0.29, 0.717) is 6.42 Å². The highest BCUT2D eigenvalue weighted by atomic mass is 16.5. The molecule has 0 radical (unpaired) electrons. The van der Waals surface area contributed by atoms with Crippen molar-refractivity contribution >= 4 is 0 Å². The SMILES string of the molecule is CC/C=C(/OC(C)(C)C)C(N)Cc1ccc(O)cc1. The molecule has 3 heteroatoms. The van der Waals surface area contributed by atoms with Crippen molar-refractivity contribution in [2.45, 2.75) is 52.2 Å². The Morgan fingerprint density at radius 3 is 2.37 bits per heavy atom. The van der Waals surface area contributed by atoms with Crippen LogP contribution in [0.25, 0.3) is 0 Å². The number of rotatable bonds is 5. The molecule has 0 aliphatic heterocycles. The predicted molar refractivity (Wildman–Crippen MR) is 79.0 cm³/mol. The van der Waals surface area contributed by atoms with Gasteiger partial charge in [0.25, 0.3) is 0 Å². The summed E-state index contributed by atoms with van der Waals surface area (Å²) in [6.45, 7) is 8.12. The van der Waals surface area contributed by atoms with Gasteiger partial charge < -0.3 is 15.6 Å². The predicted octanol–water partition coefficient (Wildman–Crippen LogP) is 3.37. The molecule has 0 bridgehead atoms. The number of benzene rings is 1. The van der Waals surface area contributed by atoms with E-state index in [9.17, 15) is 5.11 Å². The smallest absolute Gasteiger partial charge is 0.115 e. The molecule has 1 rings (SSSR count). The van der Waals surface area contributed by atoms with Crippen molar-refractivity contribution in [3.63, 3.8) is 0 Å². The molecule has 0 fully saturated rings. The van der Waals surface area contributed by atoms with E-state index in [1.807, 2.05) is 39.0 Å². The number of phenolic OH excluding ortho intramolecular Hbond substituents is 1. The highest BCUT2D eigenvalue weighted by Gasteiger charge is 2.18. The summed E-state index contributed by atoms with van der Waals surface area (Å²) in [5.74, 6) is 1.11. The number of allylic oxidation sites excluding steroid dienone is 1. The van der Waals surface area contributed by atoms with Gasteiger partial charge in [0.05, 0.1) is 6.04 Å². The molecule has 0 aliphatic rings. The minimum Gasteiger partial charge on any atom is -0.508 e. The van der Waals surface area contributed by atoms with Crippen LogP contribution in [0.4, 0.5) is 0 Å². The molecule has 106 valence electrons. The summed E-state index contributed by atoms with van der Waals surface area (Å²) >= 11 is 0. The first-order valence-corrected chi connectivity index (χ1v) is 6.74. The van der Waals surface area contributed by atoms with Crippen LogP contribution in [-0.2, 0) is 11.2 Å². The van der Waals surface area contributed by atoms with E-state index in [0.717, 1.165) is 17.7 Å². The van der Waals surface area contributed by atoms with Crippen molar-refractivity contribution in [2.75, 3.05) is 0 Å². The Morgan fingerprint density at radius 2 is 1.89 bits per heavy atom. The number of phenols is 1. The average molecular weight is 263 g/mol. The van der Waals surface area contributed by atoms with Crippen LogP contribution < -0.4 is 5.73 Å². The molecule has 0 heterocycles. The van der Waals surface area contributed by atoms with Crippen molar-refractivity contribution in [3.8, 4) is 5.75 Å². The Kier molecular flexibility index (Phi) is 5.43. The topological polar surface area (TPSA) is 55.5 Å². The van der Waals surface area contributed by atoms with Gasteiger partial charge >= 0.3 is 0 Å². The Balaban J connectivity index is 2.75. The normalized spacial score (nSPS) is 14.3. The van der Waals surface area contributed by atoms with Crippen LogP contribution in [0.1, 0.15) is 39.7 Å². The molecule has 3 N–H and O–H groups in total. The van der Waals surface area contributed by atoms with Crippen LogP contribution in [0.2, 0.25) is 0 Å². The number of hydrogen-bond acceptors (Lipinski definition) is 3. The fraction of sp³-hybridized carbons (Fsp3) is 0.500. The lowest BCUT2D eigenvalue weighted by atomic mass is 10.0. The van der Waals surface area contributed by atoms with E-state index < -0.39 is 0 Å². The van der Waals surface area contributed by atoms with Crippen LogP contribution in [-0.4, -0.2) is 16.7 Å². The minimum absolute atomic E-state index is 0.163. The zero-order chi connectivity index (χ0) is 14.5. The molecule has 1 aromatic carbocycles. The molecule has 3 nitrogen and oxygen atoms in total. The fourth-order valence-electron chi connectivity index (χ4n) is 1.81. The van der Waals surface area contributed by atoms with Gasteiger partial charge in [-0.1, -0.05) is 19.1 Å². The summed E-state index contributed by atoms with van der Waals surface area (Å²) in [5, 5.41) is 9.27. The lowest BCUT2D eigenvalue weighted by molar-refractivity contribution is 0.0419. The van der Waals surface area contributed by atoms with Crippen molar-refractivity contribution in [2.24, 2.45) is 5.73 Å². The fourth-order valence-corrected chi connectivity index (χ4v) is 1.81. The molecular weight excluding hydrogens is 238 g/mol. The zero-order valence-electron chi connectivity index (χ0n) is 12.3. The van der Waals surface area contributed by atoms with Gasteiger partial charge in [0, 0.05) is 0 Å². The van der Waals surface area contributed by atoms with Gasteiger partial charge in [-0.05, 0) is 57.4 Å². The molecule has 19 heavy (non-hydrogen) atoms. The van der Waals surface area contributed by atoms with Gasteiger partial charge in [-0.2, -0.15) is 0 Å². The second kappa shape index (κ2) is 6.62. The summed E-state index contributed by atoms with van der Waals surface area (Å²) in [7, 11) is 0. The number of ether oxygens (including phenoxy) is 1. The Morgan fingerprint density at radius 1 is 1.32 bits per heavy atom. The zero-order valence-corrected chi connectivity index (χ0v) is 12.3. The maximum Gasteiger partial charge on any atom is 0.115 e. The first-order chi connectivity index (χ1) is 8.81. The van der Waals surface area contributed by atoms with Crippen molar-refractivity contribution in [3.05, 3.63) is 41.7 Å². The molecule has 1 atom stereocenters. The minimum atomic E-state index is -0.242. The molecule has 0 aromatic heterocycles. The van der Waals surface area contributed by atoms with E-state index in [2.05, 4.69) is 6.92 Å². The molecule has 0 amide bonds.